The van der Waals surface area contributed by atoms with Crippen LogP contribution in [0.25, 0.3) is 0 Å². The molecule has 1 heterocycles. The molecule has 29 heavy (non-hydrogen) atoms. The summed E-state index contributed by atoms with van der Waals surface area (Å²) in [6.45, 7) is 4.20. The topological polar surface area (TPSA) is 36.0 Å². The highest BCUT2D eigenvalue weighted by Crippen LogP contribution is 2.33. The zero-order valence-corrected chi connectivity index (χ0v) is 17.5. The fourth-order valence-corrected chi connectivity index (χ4v) is 4.56. The quantitative estimate of drug-likeness (QED) is 0.781. The van der Waals surface area contributed by atoms with Gasteiger partial charge < -0.3 is 14.5 Å². The highest BCUT2D eigenvalue weighted by Gasteiger charge is 2.28. The van der Waals surface area contributed by atoms with Crippen LogP contribution in [0.3, 0.4) is 0 Å². The zero-order valence-electron chi connectivity index (χ0n) is 17.5. The number of benzene rings is 2. The third kappa shape index (κ3) is 4.40. The standard InChI is InChI=1S/C24H31N3O2/c1-25(23-9-5-7-19-6-3-4-8-22(19)23)24(28)18-26-14-16-27(17-15-26)20-10-12-21(29-2)13-11-20/h3-4,6,8,10-13,23H,5,7,9,14-18H2,1-2H3/t23-/m1/s1. The van der Waals surface area contributed by atoms with Crippen LogP contribution >= 0.6 is 0 Å². The van der Waals surface area contributed by atoms with Crippen molar-refractivity contribution in [2.24, 2.45) is 0 Å². The van der Waals surface area contributed by atoms with Crippen molar-refractivity contribution in [3.8, 4) is 5.75 Å². The van der Waals surface area contributed by atoms with Crippen LogP contribution in [0.5, 0.6) is 5.75 Å². The maximum absolute atomic E-state index is 13.0. The fraction of sp³-hybridized carbons (Fsp3) is 0.458. The maximum atomic E-state index is 13.0. The van der Waals surface area contributed by atoms with E-state index < -0.39 is 0 Å². The van der Waals surface area contributed by atoms with Crippen molar-refractivity contribution in [2.75, 3.05) is 51.8 Å². The molecular weight excluding hydrogens is 362 g/mol. The molecule has 1 aliphatic carbocycles. The Morgan fingerprint density at radius 3 is 2.52 bits per heavy atom. The number of ether oxygens (including phenoxy) is 1. The molecule has 0 aromatic heterocycles. The number of hydrogen-bond acceptors (Lipinski definition) is 4. The van der Waals surface area contributed by atoms with Crippen molar-refractivity contribution >= 4 is 11.6 Å². The lowest BCUT2D eigenvalue weighted by Crippen LogP contribution is -2.50. The Balaban J connectivity index is 1.32. The summed E-state index contributed by atoms with van der Waals surface area (Å²) >= 11 is 0. The second kappa shape index (κ2) is 8.87. The van der Waals surface area contributed by atoms with Gasteiger partial charge in [-0.1, -0.05) is 24.3 Å². The molecule has 5 heteroatoms. The molecule has 1 atom stereocenters. The van der Waals surface area contributed by atoms with E-state index in [1.807, 2.05) is 24.1 Å². The molecule has 0 spiro atoms. The molecular formula is C24H31N3O2. The van der Waals surface area contributed by atoms with Gasteiger partial charge in [-0.15, -0.1) is 0 Å². The van der Waals surface area contributed by atoms with Crippen molar-refractivity contribution in [3.05, 3.63) is 59.7 Å². The number of piperazine rings is 1. The Bertz CT molecular complexity index is 828. The minimum atomic E-state index is 0.216. The van der Waals surface area contributed by atoms with Gasteiger partial charge in [0.1, 0.15) is 5.75 Å². The molecule has 0 bridgehead atoms. The third-order valence-electron chi connectivity index (χ3n) is 6.37. The number of amides is 1. The Kier molecular flexibility index (Phi) is 6.05. The predicted molar refractivity (Wildman–Crippen MR) is 117 cm³/mol. The number of anilines is 1. The molecule has 5 nitrogen and oxygen atoms in total. The summed E-state index contributed by atoms with van der Waals surface area (Å²) < 4.78 is 5.24. The lowest BCUT2D eigenvalue weighted by Gasteiger charge is -2.38. The summed E-state index contributed by atoms with van der Waals surface area (Å²) in [4.78, 5) is 19.6. The van der Waals surface area contributed by atoms with Gasteiger partial charge in [-0.2, -0.15) is 0 Å². The van der Waals surface area contributed by atoms with Crippen LogP contribution in [0.15, 0.2) is 48.5 Å². The molecule has 1 aliphatic heterocycles. The molecule has 2 aliphatic rings. The number of fused-ring (bicyclic) bond motifs is 1. The van der Waals surface area contributed by atoms with E-state index in [9.17, 15) is 4.79 Å². The number of rotatable bonds is 5. The van der Waals surface area contributed by atoms with Gasteiger partial charge in [-0.05, 0) is 54.7 Å². The highest BCUT2D eigenvalue weighted by molar-refractivity contribution is 5.78. The molecule has 154 valence electrons. The third-order valence-corrected chi connectivity index (χ3v) is 6.37. The molecule has 0 radical (unpaired) electrons. The Labute approximate surface area is 173 Å². The molecule has 0 N–H and O–H groups in total. The van der Waals surface area contributed by atoms with Crippen molar-refractivity contribution < 1.29 is 9.53 Å². The van der Waals surface area contributed by atoms with Crippen LogP contribution < -0.4 is 9.64 Å². The van der Waals surface area contributed by atoms with E-state index in [0.717, 1.165) is 51.2 Å². The van der Waals surface area contributed by atoms with E-state index >= 15 is 0 Å². The smallest absolute Gasteiger partial charge is 0.237 e. The number of likely N-dealkylation sites (N-methyl/N-ethyl adjacent to an activating group) is 1. The lowest BCUT2D eigenvalue weighted by atomic mass is 9.87. The number of carbonyl (C=O) groups is 1. The van der Waals surface area contributed by atoms with Crippen LogP contribution in [0, 0.1) is 0 Å². The number of hydrogen-bond donors (Lipinski definition) is 0. The van der Waals surface area contributed by atoms with Crippen LogP contribution in [0.2, 0.25) is 0 Å². The summed E-state index contributed by atoms with van der Waals surface area (Å²) in [6.07, 6.45) is 3.34. The fourth-order valence-electron chi connectivity index (χ4n) is 4.56. The van der Waals surface area contributed by atoms with Gasteiger partial charge in [0, 0.05) is 38.9 Å². The molecule has 1 fully saturated rings. The first-order valence-corrected chi connectivity index (χ1v) is 10.6. The van der Waals surface area contributed by atoms with Gasteiger partial charge in [0.25, 0.3) is 0 Å². The molecule has 0 saturated carbocycles. The number of aryl methyl sites for hydroxylation is 1. The van der Waals surface area contributed by atoms with E-state index in [4.69, 9.17) is 4.74 Å². The molecule has 4 rings (SSSR count). The average Bonchev–Trinajstić information content (AvgIpc) is 2.79. The second-order valence-corrected chi connectivity index (χ2v) is 8.07. The van der Waals surface area contributed by atoms with Gasteiger partial charge in [0.15, 0.2) is 0 Å². The van der Waals surface area contributed by atoms with Gasteiger partial charge in [-0.25, -0.2) is 0 Å². The highest BCUT2D eigenvalue weighted by atomic mass is 16.5. The maximum Gasteiger partial charge on any atom is 0.237 e. The van der Waals surface area contributed by atoms with Crippen LogP contribution in [0.1, 0.15) is 30.0 Å². The minimum Gasteiger partial charge on any atom is -0.497 e. The van der Waals surface area contributed by atoms with Gasteiger partial charge in [0.05, 0.1) is 19.7 Å². The number of carbonyl (C=O) groups excluding carboxylic acids is 1. The summed E-state index contributed by atoms with van der Waals surface area (Å²) in [5.74, 6) is 1.11. The van der Waals surface area contributed by atoms with Crippen molar-refractivity contribution in [1.82, 2.24) is 9.80 Å². The average molecular weight is 394 g/mol. The minimum absolute atomic E-state index is 0.216. The van der Waals surface area contributed by atoms with Crippen LogP contribution in [0.4, 0.5) is 5.69 Å². The summed E-state index contributed by atoms with van der Waals surface area (Å²) in [6, 6.07) is 17.0. The zero-order chi connectivity index (χ0) is 20.2. The number of methoxy groups -OCH3 is 1. The second-order valence-electron chi connectivity index (χ2n) is 8.07. The largest absolute Gasteiger partial charge is 0.497 e. The summed E-state index contributed by atoms with van der Waals surface area (Å²) in [5, 5.41) is 0. The first-order chi connectivity index (χ1) is 14.2. The van der Waals surface area contributed by atoms with E-state index in [2.05, 4.69) is 46.2 Å². The first-order valence-electron chi connectivity index (χ1n) is 10.6. The van der Waals surface area contributed by atoms with E-state index in [1.165, 1.54) is 16.8 Å². The molecule has 0 unspecified atom stereocenters. The first kappa shape index (κ1) is 19.8. The SMILES string of the molecule is COc1ccc(N2CCN(CC(=O)N(C)[C@@H]3CCCc4ccccc43)CC2)cc1. The van der Waals surface area contributed by atoms with Crippen LogP contribution in [-0.2, 0) is 11.2 Å². The van der Waals surface area contributed by atoms with Crippen molar-refractivity contribution in [2.45, 2.75) is 25.3 Å². The Morgan fingerprint density at radius 2 is 1.79 bits per heavy atom. The molecule has 1 saturated heterocycles. The van der Waals surface area contributed by atoms with Gasteiger partial charge in [-0.3, -0.25) is 9.69 Å². The lowest BCUT2D eigenvalue weighted by molar-refractivity contribution is -0.133. The van der Waals surface area contributed by atoms with E-state index in [1.54, 1.807) is 7.11 Å². The Hall–Kier alpha value is -2.53. The van der Waals surface area contributed by atoms with E-state index in [0.29, 0.717) is 6.54 Å². The van der Waals surface area contributed by atoms with Gasteiger partial charge in [0.2, 0.25) is 5.91 Å². The summed E-state index contributed by atoms with van der Waals surface area (Å²) in [5.41, 5.74) is 3.95. The molecule has 1 amide bonds. The monoisotopic (exact) mass is 393 g/mol. The van der Waals surface area contributed by atoms with Gasteiger partial charge >= 0.3 is 0 Å². The van der Waals surface area contributed by atoms with Crippen LogP contribution in [-0.4, -0.2) is 62.6 Å². The summed E-state index contributed by atoms with van der Waals surface area (Å²) in [7, 11) is 3.66. The molecule has 2 aromatic rings. The number of nitrogens with zero attached hydrogens (tertiary/aromatic N) is 3. The normalized spacial score (nSPS) is 19.5. The predicted octanol–water partition coefficient (Wildman–Crippen LogP) is 3.35. The Morgan fingerprint density at radius 1 is 1.07 bits per heavy atom. The van der Waals surface area contributed by atoms with E-state index in [-0.39, 0.29) is 11.9 Å². The molecule has 2 aromatic carbocycles. The van der Waals surface area contributed by atoms with Crippen molar-refractivity contribution in [3.63, 3.8) is 0 Å². The van der Waals surface area contributed by atoms with Crippen molar-refractivity contribution in [1.29, 1.82) is 0 Å².